The largest absolute Gasteiger partial charge is 0.339 e. The molecule has 0 spiro atoms. The molecule has 0 bridgehead atoms. The molecule has 0 fully saturated rings. The standard InChI is InChI=1S/C16H13ClFN5/c1-10-2-3-11(17)8-14(10)21-15-9-19-23-16(22-15)20-13-6-4-12(18)5-7-13/h2-9H,1H3,(H2,20,21,22,23). The van der Waals surface area contributed by atoms with Crippen molar-refractivity contribution in [3.05, 3.63) is 65.1 Å². The lowest BCUT2D eigenvalue weighted by molar-refractivity contribution is 0.628. The highest BCUT2D eigenvalue weighted by molar-refractivity contribution is 6.30. The highest BCUT2D eigenvalue weighted by Gasteiger charge is 2.05. The van der Waals surface area contributed by atoms with Crippen LogP contribution in [0, 0.1) is 12.7 Å². The van der Waals surface area contributed by atoms with E-state index in [1.54, 1.807) is 12.1 Å². The Labute approximate surface area is 137 Å². The second-order valence-corrected chi connectivity index (χ2v) is 5.32. The summed E-state index contributed by atoms with van der Waals surface area (Å²) < 4.78 is 12.9. The van der Waals surface area contributed by atoms with Crippen molar-refractivity contribution in [2.45, 2.75) is 6.92 Å². The van der Waals surface area contributed by atoms with Gasteiger partial charge in [-0.2, -0.15) is 10.1 Å². The molecule has 1 heterocycles. The highest BCUT2D eigenvalue weighted by Crippen LogP contribution is 2.23. The van der Waals surface area contributed by atoms with E-state index in [2.05, 4.69) is 25.8 Å². The van der Waals surface area contributed by atoms with Crippen molar-refractivity contribution in [1.82, 2.24) is 15.2 Å². The molecule has 0 saturated heterocycles. The molecule has 0 saturated carbocycles. The number of anilines is 4. The molecule has 0 aliphatic heterocycles. The van der Waals surface area contributed by atoms with Gasteiger partial charge >= 0.3 is 0 Å². The molecule has 2 aromatic carbocycles. The Morgan fingerprint density at radius 3 is 2.61 bits per heavy atom. The summed E-state index contributed by atoms with van der Waals surface area (Å²) >= 11 is 6.00. The number of aryl methyl sites for hydroxylation is 1. The Morgan fingerprint density at radius 2 is 1.83 bits per heavy atom. The van der Waals surface area contributed by atoms with Crippen molar-refractivity contribution in [2.75, 3.05) is 10.6 Å². The summed E-state index contributed by atoms with van der Waals surface area (Å²) in [5.74, 6) is 0.526. The Kier molecular flexibility index (Phi) is 4.34. The fraction of sp³-hybridized carbons (Fsp3) is 0.0625. The van der Waals surface area contributed by atoms with Crippen LogP contribution in [0.25, 0.3) is 0 Å². The van der Waals surface area contributed by atoms with Gasteiger partial charge in [-0.25, -0.2) is 4.39 Å². The molecule has 116 valence electrons. The van der Waals surface area contributed by atoms with Crippen molar-refractivity contribution < 1.29 is 4.39 Å². The van der Waals surface area contributed by atoms with E-state index in [0.717, 1.165) is 11.3 Å². The second-order valence-electron chi connectivity index (χ2n) is 4.88. The smallest absolute Gasteiger partial charge is 0.249 e. The summed E-state index contributed by atoms with van der Waals surface area (Å²) in [6.07, 6.45) is 1.51. The molecule has 0 radical (unpaired) electrons. The zero-order chi connectivity index (χ0) is 16.2. The molecular formula is C16H13ClFN5. The summed E-state index contributed by atoms with van der Waals surface area (Å²) in [6.45, 7) is 1.96. The van der Waals surface area contributed by atoms with E-state index < -0.39 is 0 Å². The van der Waals surface area contributed by atoms with Crippen molar-refractivity contribution >= 4 is 34.7 Å². The molecule has 7 heteroatoms. The molecule has 0 aliphatic rings. The number of rotatable bonds is 4. The Balaban J connectivity index is 1.79. The summed E-state index contributed by atoms with van der Waals surface area (Å²) in [5, 5.41) is 14.6. The third kappa shape index (κ3) is 3.92. The Bertz CT molecular complexity index is 823. The van der Waals surface area contributed by atoms with Gasteiger partial charge in [0.1, 0.15) is 5.82 Å². The van der Waals surface area contributed by atoms with Crippen LogP contribution in [0.2, 0.25) is 5.02 Å². The first-order valence-electron chi connectivity index (χ1n) is 6.86. The quantitative estimate of drug-likeness (QED) is 0.740. The zero-order valence-electron chi connectivity index (χ0n) is 12.2. The maximum absolute atomic E-state index is 12.9. The van der Waals surface area contributed by atoms with Crippen LogP contribution < -0.4 is 10.6 Å². The number of hydrogen-bond donors (Lipinski definition) is 2. The van der Waals surface area contributed by atoms with Gasteiger partial charge in [0.25, 0.3) is 0 Å². The predicted octanol–water partition coefficient (Wildman–Crippen LogP) is 4.46. The van der Waals surface area contributed by atoms with Gasteiger partial charge < -0.3 is 10.6 Å². The maximum Gasteiger partial charge on any atom is 0.249 e. The molecular weight excluding hydrogens is 317 g/mol. The fourth-order valence-corrected chi connectivity index (χ4v) is 2.12. The minimum Gasteiger partial charge on any atom is -0.339 e. The number of aromatic nitrogens is 3. The molecule has 1 aromatic heterocycles. The van der Waals surface area contributed by atoms with Gasteiger partial charge in [-0.3, -0.25) is 0 Å². The molecule has 0 amide bonds. The average Bonchev–Trinajstić information content (AvgIpc) is 2.54. The fourth-order valence-electron chi connectivity index (χ4n) is 1.95. The van der Waals surface area contributed by atoms with E-state index in [4.69, 9.17) is 11.6 Å². The van der Waals surface area contributed by atoms with Crippen LogP contribution in [-0.2, 0) is 0 Å². The van der Waals surface area contributed by atoms with Crippen LogP contribution in [0.5, 0.6) is 0 Å². The third-order valence-electron chi connectivity index (χ3n) is 3.12. The molecule has 3 rings (SSSR count). The van der Waals surface area contributed by atoms with E-state index in [-0.39, 0.29) is 5.82 Å². The van der Waals surface area contributed by atoms with Crippen molar-refractivity contribution in [1.29, 1.82) is 0 Å². The first-order valence-corrected chi connectivity index (χ1v) is 7.23. The van der Waals surface area contributed by atoms with Gasteiger partial charge in [-0.05, 0) is 48.9 Å². The topological polar surface area (TPSA) is 62.7 Å². The van der Waals surface area contributed by atoms with Gasteiger partial charge in [-0.15, -0.1) is 5.10 Å². The Morgan fingerprint density at radius 1 is 1.04 bits per heavy atom. The van der Waals surface area contributed by atoms with E-state index >= 15 is 0 Å². The lowest BCUT2D eigenvalue weighted by Crippen LogP contribution is -2.03. The number of halogens is 2. The maximum atomic E-state index is 12.9. The molecule has 5 nitrogen and oxygen atoms in total. The van der Waals surface area contributed by atoms with Crippen LogP contribution in [0.15, 0.2) is 48.7 Å². The average molecular weight is 330 g/mol. The van der Waals surface area contributed by atoms with Gasteiger partial charge in [0.05, 0.1) is 6.20 Å². The minimum atomic E-state index is -0.304. The van der Waals surface area contributed by atoms with Gasteiger partial charge in [0, 0.05) is 16.4 Å². The molecule has 23 heavy (non-hydrogen) atoms. The van der Waals surface area contributed by atoms with Crippen LogP contribution in [0.1, 0.15) is 5.56 Å². The van der Waals surface area contributed by atoms with Gasteiger partial charge in [0.15, 0.2) is 5.82 Å². The normalized spacial score (nSPS) is 10.4. The molecule has 0 atom stereocenters. The van der Waals surface area contributed by atoms with Crippen LogP contribution >= 0.6 is 11.6 Å². The number of nitrogens with zero attached hydrogens (tertiary/aromatic N) is 3. The van der Waals surface area contributed by atoms with Crippen molar-refractivity contribution in [2.24, 2.45) is 0 Å². The third-order valence-corrected chi connectivity index (χ3v) is 3.36. The summed E-state index contributed by atoms with van der Waals surface area (Å²) in [6, 6.07) is 11.4. The summed E-state index contributed by atoms with van der Waals surface area (Å²) in [5.41, 5.74) is 2.54. The molecule has 2 N–H and O–H groups in total. The number of hydrogen-bond acceptors (Lipinski definition) is 5. The van der Waals surface area contributed by atoms with Crippen LogP contribution in [0.3, 0.4) is 0 Å². The molecule has 0 aliphatic carbocycles. The SMILES string of the molecule is Cc1ccc(Cl)cc1Nc1cnnc(Nc2ccc(F)cc2)n1. The number of benzene rings is 2. The Hall–Kier alpha value is -2.73. The van der Waals surface area contributed by atoms with E-state index in [0.29, 0.717) is 22.5 Å². The lowest BCUT2D eigenvalue weighted by atomic mass is 10.2. The predicted molar refractivity (Wildman–Crippen MR) is 89.0 cm³/mol. The minimum absolute atomic E-state index is 0.304. The van der Waals surface area contributed by atoms with E-state index in [1.165, 1.54) is 18.3 Å². The van der Waals surface area contributed by atoms with E-state index in [9.17, 15) is 4.39 Å². The van der Waals surface area contributed by atoms with Gasteiger partial charge in [0.2, 0.25) is 5.95 Å². The van der Waals surface area contributed by atoms with Crippen molar-refractivity contribution in [3.8, 4) is 0 Å². The zero-order valence-corrected chi connectivity index (χ0v) is 13.0. The first-order chi connectivity index (χ1) is 11.1. The summed E-state index contributed by atoms with van der Waals surface area (Å²) in [7, 11) is 0. The highest BCUT2D eigenvalue weighted by atomic mass is 35.5. The second kappa shape index (κ2) is 6.58. The van der Waals surface area contributed by atoms with Crippen molar-refractivity contribution in [3.63, 3.8) is 0 Å². The summed E-state index contributed by atoms with van der Waals surface area (Å²) in [4.78, 5) is 4.32. The van der Waals surface area contributed by atoms with Crippen LogP contribution in [-0.4, -0.2) is 15.2 Å². The lowest BCUT2D eigenvalue weighted by Gasteiger charge is -2.10. The van der Waals surface area contributed by atoms with E-state index in [1.807, 2.05) is 25.1 Å². The first kappa shape index (κ1) is 15.2. The van der Waals surface area contributed by atoms with Crippen LogP contribution in [0.4, 0.5) is 27.5 Å². The van der Waals surface area contributed by atoms with Gasteiger partial charge in [-0.1, -0.05) is 17.7 Å². The molecule has 3 aromatic rings. The monoisotopic (exact) mass is 329 g/mol. The molecule has 0 unspecified atom stereocenters. The number of nitrogens with one attached hydrogen (secondary N) is 2.